The summed E-state index contributed by atoms with van der Waals surface area (Å²) in [4.78, 5) is 13.4. The number of hydrogen-bond acceptors (Lipinski definition) is 2. The van der Waals surface area contributed by atoms with Crippen LogP contribution in [0.1, 0.15) is 18.1 Å². The Kier molecular flexibility index (Phi) is 3.97. The Hall–Kier alpha value is -1.81. The van der Waals surface area contributed by atoms with E-state index in [2.05, 4.69) is 33.4 Å². The van der Waals surface area contributed by atoms with Crippen LogP contribution in [0.15, 0.2) is 46.9 Å². The standard InChI is InChI=1S/C17H17BrN2O/c1-12(21)20-9-8-13-10-15(6-7-17(13)20)19-11-14-4-2-3-5-16(14)18/h2-7,10,19H,8-9,11H2,1H3. The zero-order valence-corrected chi connectivity index (χ0v) is 13.5. The molecule has 1 aliphatic heterocycles. The molecular weight excluding hydrogens is 328 g/mol. The van der Waals surface area contributed by atoms with Gasteiger partial charge in [0.05, 0.1) is 0 Å². The van der Waals surface area contributed by atoms with Crippen LogP contribution in [-0.4, -0.2) is 12.5 Å². The molecule has 0 saturated heterocycles. The molecule has 1 amide bonds. The first kappa shape index (κ1) is 14.1. The smallest absolute Gasteiger partial charge is 0.223 e. The fourth-order valence-corrected chi connectivity index (χ4v) is 3.10. The summed E-state index contributed by atoms with van der Waals surface area (Å²) >= 11 is 3.56. The monoisotopic (exact) mass is 344 g/mol. The summed E-state index contributed by atoms with van der Waals surface area (Å²) in [6.45, 7) is 3.18. The van der Waals surface area contributed by atoms with Gasteiger partial charge in [-0.2, -0.15) is 0 Å². The summed E-state index contributed by atoms with van der Waals surface area (Å²) in [5.41, 5.74) is 4.61. The van der Waals surface area contributed by atoms with E-state index in [1.54, 1.807) is 6.92 Å². The van der Waals surface area contributed by atoms with Gasteiger partial charge in [0.1, 0.15) is 0 Å². The molecule has 0 unspecified atom stereocenters. The van der Waals surface area contributed by atoms with E-state index >= 15 is 0 Å². The van der Waals surface area contributed by atoms with E-state index < -0.39 is 0 Å². The highest BCUT2D eigenvalue weighted by Crippen LogP contribution is 2.30. The van der Waals surface area contributed by atoms with Gasteiger partial charge in [0, 0.05) is 35.9 Å². The van der Waals surface area contributed by atoms with Crippen LogP contribution in [0.5, 0.6) is 0 Å². The van der Waals surface area contributed by atoms with Gasteiger partial charge in [0.25, 0.3) is 0 Å². The number of rotatable bonds is 3. The predicted octanol–water partition coefficient (Wildman–Crippen LogP) is 3.97. The van der Waals surface area contributed by atoms with E-state index in [-0.39, 0.29) is 5.91 Å². The summed E-state index contributed by atoms with van der Waals surface area (Å²) in [5, 5.41) is 3.44. The molecular formula is C17H17BrN2O. The molecule has 108 valence electrons. The van der Waals surface area contributed by atoms with Crippen LogP contribution >= 0.6 is 15.9 Å². The van der Waals surface area contributed by atoms with Crippen molar-refractivity contribution in [1.29, 1.82) is 0 Å². The molecule has 2 aromatic rings. The molecule has 0 spiro atoms. The number of nitrogens with zero attached hydrogens (tertiary/aromatic N) is 1. The molecule has 0 aliphatic carbocycles. The Morgan fingerprint density at radius 1 is 1.29 bits per heavy atom. The fourth-order valence-electron chi connectivity index (χ4n) is 2.68. The van der Waals surface area contributed by atoms with Crippen LogP contribution in [0, 0.1) is 0 Å². The van der Waals surface area contributed by atoms with Crippen LogP contribution in [0.25, 0.3) is 0 Å². The van der Waals surface area contributed by atoms with Gasteiger partial charge in [-0.25, -0.2) is 0 Å². The number of carbonyl (C=O) groups excluding carboxylic acids is 1. The number of nitrogens with one attached hydrogen (secondary N) is 1. The van der Waals surface area contributed by atoms with E-state index in [1.165, 1.54) is 11.1 Å². The van der Waals surface area contributed by atoms with E-state index in [0.29, 0.717) is 0 Å². The van der Waals surface area contributed by atoms with E-state index in [0.717, 1.165) is 35.4 Å². The van der Waals surface area contributed by atoms with Crippen LogP contribution < -0.4 is 10.2 Å². The topological polar surface area (TPSA) is 32.3 Å². The molecule has 0 radical (unpaired) electrons. The average molecular weight is 345 g/mol. The molecule has 2 aromatic carbocycles. The van der Waals surface area contributed by atoms with Crippen LogP contribution in [0.4, 0.5) is 11.4 Å². The summed E-state index contributed by atoms with van der Waals surface area (Å²) in [5.74, 6) is 0.114. The van der Waals surface area contributed by atoms with Crippen molar-refractivity contribution in [1.82, 2.24) is 0 Å². The fraction of sp³-hybridized carbons (Fsp3) is 0.235. The molecule has 3 rings (SSSR count). The van der Waals surface area contributed by atoms with E-state index in [1.807, 2.05) is 35.2 Å². The molecule has 1 aliphatic rings. The number of benzene rings is 2. The van der Waals surface area contributed by atoms with Crippen molar-refractivity contribution in [3.63, 3.8) is 0 Å². The van der Waals surface area contributed by atoms with Gasteiger partial charge in [-0.15, -0.1) is 0 Å². The van der Waals surface area contributed by atoms with Gasteiger partial charge < -0.3 is 10.2 Å². The number of anilines is 2. The number of fused-ring (bicyclic) bond motifs is 1. The quantitative estimate of drug-likeness (QED) is 0.913. The molecule has 0 fully saturated rings. The van der Waals surface area contributed by atoms with Gasteiger partial charge in [-0.05, 0) is 41.8 Å². The lowest BCUT2D eigenvalue weighted by molar-refractivity contribution is -0.116. The highest BCUT2D eigenvalue weighted by molar-refractivity contribution is 9.10. The molecule has 0 atom stereocenters. The highest BCUT2D eigenvalue weighted by atomic mass is 79.9. The third-order valence-corrected chi connectivity index (χ3v) is 4.57. The molecule has 0 bridgehead atoms. The van der Waals surface area contributed by atoms with Gasteiger partial charge in [-0.1, -0.05) is 34.1 Å². The summed E-state index contributed by atoms with van der Waals surface area (Å²) < 4.78 is 1.11. The number of hydrogen-bond donors (Lipinski definition) is 1. The van der Waals surface area contributed by atoms with E-state index in [4.69, 9.17) is 0 Å². The Morgan fingerprint density at radius 2 is 2.10 bits per heavy atom. The third kappa shape index (κ3) is 2.95. The number of amides is 1. The third-order valence-electron chi connectivity index (χ3n) is 3.80. The van der Waals surface area contributed by atoms with Crippen LogP contribution in [0.2, 0.25) is 0 Å². The average Bonchev–Trinajstić information content (AvgIpc) is 2.89. The lowest BCUT2D eigenvalue weighted by atomic mass is 10.1. The molecule has 3 nitrogen and oxygen atoms in total. The SMILES string of the molecule is CC(=O)N1CCc2cc(NCc3ccccc3Br)ccc21. The molecule has 1 heterocycles. The summed E-state index contributed by atoms with van der Waals surface area (Å²) in [7, 11) is 0. The van der Waals surface area contributed by atoms with Crippen LogP contribution in [-0.2, 0) is 17.8 Å². The van der Waals surface area contributed by atoms with Crippen molar-refractivity contribution in [3.8, 4) is 0 Å². The molecule has 21 heavy (non-hydrogen) atoms. The summed E-state index contributed by atoms with van der Waals surface area (Å²) in [6, 6.07) is 14.4. The van der Waals surface area contributed by atoms with Crippen molar-refractivity contribution in [3.05, 3.63) is 58.1 Å². The van der Waals surface area contributed by atoms with Crippen molar-refractivity contribution in [2.45, 2.75) is 19.9 Å². The lowest BCUT2D eigenvalue weighted by Crippen LogP contribution is -2.25. The maximum atomic E-state index is 11.5. The van der Waals surface area contributed by atoms with Crippen molar-refractivity contribution < 1.29 is 4.79 Å². The normalized spacial score (nSPS) is 13.1. The lowest BCUT2D eigenvalue weighted by Gasteiger charge is -2.15. The molecule has 0 saturated carbocycles. The van der Waals surface area contributed by atoms with Gasteiger partial charge in [-0.3, -0.25) is 4.79 Å². The largest absolute Gasteiger partial charge is 0.381 e. The van der Waals surface area contributed by atoms with Gasteiger partial charge in [0.15, 0.2) is 0 Å². The summed E-state index contributed by atoms with van der Waals surface area (Å²) in [6.07, 6.45) is 0.930. The number of halogens is 1. The second-order valence-electron chi connectivity index (χ2n) is 5.21. The Bertz CT molecular complexity index is 684. The first-order chi connectivity index (χ1) is 10.1. The number of carbonyl (C=O) groups is 1. The molecule has 0 aromatic heterocycles. The van der Waals surface area contributed by atoms with Crippen molar-refractivity contribution in [2.75, 3.05) is 16.8 Å². The van der Waals surface area contributed by atoms with Crippen LogP contribution in [0.3, 0.4) is 0 Å². The second kappa shape index (κ2) is 5.90. The Morgan fingerprint density at radius 3 is 2.86 bits per heavy atom. The van der Waals surface area contributed by atoms with Crippen molar-refractivity contribution >= 4 is 33.2 Å². The molecule has 4 heteroatoms. The second-order valence-corrected chi connectivity index (χ2v) is 6.06. The zero-order chi connectivity index (χ0) is 14.8. The Balaban J connectivity index is 1.74. The first-order valence-corrected chi connectivity index (χ1v) is 7.83. The predicted molar refractivity (Wildman–Crippen MR) is 89.6 cm³/mol. The maximum Gasteiger partial charge on any atom is 0.223 e. The minimum atomic E-state index is 0.114. The maximum absolute atomic E-state index is 11.5. The minimum absolute atomic E-state index is 0.114. The highest BCUT2D eigenvalue weighted by Gasteiger charge is 2.21. The molecule has 1 N–H and O–H groups in total. The zero-order valence-electron chi connectivity index (χ0n) is 11.9. The van der Waals surface area contributed by atoms with E-state index in [9.17, 15) is 4.79 Å². The Labute approximate surface area is 133 Å². The van der Waals surface area contributed by atoms with Crippen molar-refractivity contribution in [2.24, 2.45) is 0 Å². The first-order valence-electron chi connectivity index (χ1n) is 7.03. The minimum Gasteiger partial charge on any atom is -0.381 e. The van der Waals surface area contributed by atoms with Gasteiger partial charge >= 0.3 is 0 Å². The van der Waals surface area contributed by atoms with Gasteiger partial charge in [0.2, 0.25) is 5.91 Å².